The van der Waals surface area contributed by atoms with Gasteiger partial charge in [0.2, 0.25) is 10.0 Å². The minimum absolute atomic E-state index is 0.0123. The Kier molecular flexibility index (Phi) is 14.9. The molecule has 1 saturated carbocycles. The topological polar surface area (TPSA) is 94.6 Å². The molecule has 50 heavy (non-hydrogen) atoms. The van der Waals surface area contributed by atoms with E-state index in [-0.39, 0.29) is 35.1 Å². The van der Waals surface area contributed by atoms with Crippen molar-refractivity contribution in [3.63, 3.8) is 0 Å². The van der Waals surface area contributed by atoms with Crippen molar-refractivity contribution in [2.24, 2.45) is 5.92 Å². The van der Waals surface area contributed by atoms with Gasteiger partial charge >= 0.3 is 12.6 Å². The summed E-state index contributed by atoms with van der Waals surface area (Å²) in [4.78, 5) is 16.7. The number of morpholine rings is 1. The molecule has 0 unspecified atom stereocenters. The summed E-state index contributed by atoms with van der Waals surface area (Å²) in [7, 11) is -3.75. The fraction of sp³-hybridized carbons (Fsp3) is 0.457. The summed E-state index contributed by atoms with van der Waals surface area (Å²) in [6.45, 7) is 5.86. The van der Waals surface area contributed by atoms with Crippen molar-refractivity contribution in [1.29, 1.82) is 0 Å². The van der Waals surface area contributed by atoms with Gasteiger partial charge in [0.15, 0.2) is 11.5 Å². The van der Waals surface area contributed by atoms with Gasteiger partial charge in [-0.3, -0.25) is 9.21 Å². The predicted molar refractivity (Wildman–Crippen MR) is 194 cm³/mol. The molecule has 4 rings (SSSR count). The number of anilines is 1. The van der Waals surface area contributed by atoms with Crippen LogP contribution in [0.15, 0.2) is 75.7 Å². The van der Waals surface area contributed by atoms with Gasteiger partial charge in [0.05, 0.1) is 37.3 Å². The summed E-state index contributed by atoms with van der Waals surface area (Å²) in [6, 6.07) is 9.08. The van der Waals surface area contributed by atoms with E-state index in [2.05, 4.69) is 11.5 Å². The van der Waals surface area contributed by atoms with Crippen LogP contribution in [0.25, 0.3) is 0 Å². The molecule has 2 aliphatic rings. The minimum Gasteiger partial charge on any atom is -0.489 e. The van der Waals surface area contributed by atoms with Gasteiger partial charge in [-0.25, -0.2) is 13.2 Å². The molecule has 1 aliphatic heterocycles. The number of rotatable bonds is 18. The molecule has 15 heteroatoms. The van der Waals surface area contributed by atoms with Gasteiger partial charge in [-0.2, -0.15) is 8.78 Å². The predicted octanol–water partition coefficient (Wildman–Crippen LogP) is 8.01. The first-order valence-electron chi connectivity index (χ1n) is 16.1. The number of halogens is 4. The summed E-state index contributed by atoms with van der Waals surface area (Å²) in [5, 5.41) is 0.530. The van der Waals surface area contributed by atoms with Crippen LogP contribution in [0.4, 0.5) is 14.5 Å². The van der Waals surface area contributed by atoms with E-state index in [0.717, 1.165) is 19.1 Å². The van der Waals surface area contributed by atoms with Crippen molar-refractivity contribution in [3.8, 4) is 11.5 Å². The van der Waals surface area contributed by atoms with Crippen molar-refractivity contribution < 1.29 is 40.9 Å². The van der Waals surface area contributed by atoms with Gasteiger partial charge in [-0.1, -0.05) is 48.0 Å². The maximum absolute atomic E-state index is 13.9. The quantitative estimate of drug-likeness (QED) is 0.0849. The van der Waals surface area contributed by atoms with Gasteiger partial charge in [0, 0.05) is 47.6 Å². The first-order chi connectivity index (χ1) is 23.8. The number of hydrogen-bond acceptors (Lipinski definition) is 9. The third-order valence-electron chi connectivity index (χ3n) is 8.18. The Bertz CT molecular complexity index is 1680. The molecule has 2 aromatic rings. The van der Waals surface area contributed by atoms with E-state index in [1.54, 1.807) is 25.1 Å². The molecule has 0 N–H and O–H groups in total. The fourth-order valence-electron chi connectivity index (χ4n) is 5.27. The largest absolute Gasteiger partial charge is 0.489 e. The number of benzene rings is 2. The SMILES string of the molecule is C=C/C(Cl)=C(C[C@H](OC(=O)c1ccc(SC)c(N(CCN2CCOCC2)S(C)(=O)=O)c1)c1ccc(OC(F)F)c(OCC2CC2)c1)\C(Cl)=C/C. The molecule has 2 fully saturated rings. The highest BCUT2D eigenvalue weighted by molar-refractivity contribution is 7.99. The molecule has 1 atom stereocenters. The van der Waals surface area contributed by atoms with Crippen LogP contribution in [-0.2, 0) is 19.5 Å². The molecule has 0 bridgehead atoms. The smallest absolute Gasteiger partial charge is 0.387 e. The lowest BCUT2D eigenvalue weighted by atomic mass is 9.99. The van der Waals surface area contributed by atoms with Crippen LogP contribution in [0, 0.1) is 5.92 Å². The second kappa shape index (κ2) is 18.6. The van der Waals surface area contributed by atoms with Gasteiger partial charge in [-0.05, 0) is 73.4 Å². The van der Waals surface area contributed by atoms with E-state index < -0.39 is 28.7 Å². The number of carbonyl (C=O) groups excluding carboxylic acids is 1. The highest BCUT2D eigenvalue weighted by atomic mass is 35.5. The van der Waals surface area contributed by atoms with E-state index in [1.807, 2.05) is 6.26 Å². The number of esters is 1. The molecule has 9 nitrogen and oxygen atoms in total. The number of ether oxygens (including phenoxy) is 4. The highest BCUT2D eigenvalue weighted by Gasteiger charge is 2.28. The molecule has 1 heterocycles. The molecule has 0 radical (unpaired) electrons. The van der Waals surface area contributed by atoms with Gasteiger partial charge in [-0.15, -0.1) is 11.8 Å². The Hall–Kier alpha value is -2.81. The number of thioether (sulfide) groups is 1. The number of alkyl halides is 2. The number of nitrogens with zero attached hydrogens (tertiary/aromatic N) is 2. The van der Waals surface area contributed by atoms with Gasteiger partial charge < -0.3 is 18.9 Å². The van der Waals surface area contributed by atoms with E-state index in [9.17, 15) is 22.0 Å². The summed E-state index contributed by atoms with van der Waals surface area (Å²) in [6.07, 6.45) is 6.89. The van der Waals surface area contributed by atoms with Gasteiger partial charge in [0.25, 0.3) is 0 Å². The zero-order valence-corrected chi connectivity index (χ0v) is 31.4. The average Bonchev–Trinajstić information content (AvgIpc) is 3.93. The number of hydrogen-bond donors (Lipinski definition) is 0. The third-order valence-corrected chi connectivity index (χ3v) is 11.0. The number of allylic oxidation sites excluding steroid dienone is 4. The fourth-order valence-corrected chi connectivity index (χ4v) is 7.24. The zero-order chi connectivity index (χ0) is 36.4. The zero-order valence-electron chi connectivity index (χ0n) is 28.2. The first-order valence-corrected chi connectivity index (χ1v) is 19.9. The van der Waals surface area contributed by atoms with Crippen molar-refractivity contribution in [2.75, 3.05) is 62.8 Å². The van der Waals surface area contributed by atoms with Crippen LogP contribution in [0.3, 0.4) is 0 Å². The molecule has 0 spiro atoms. The number of sulfonamides is 1. The highest BCUT2D eigenvalue weighted by Crippen LogP contribution is 2.40. The normalized spacial score (nSPS) is 16.8. The monoisotopic (exact) mass is 774 g/mol. The summed E-state index contributed by atoms with van der Waals surface area (Å²) < 4.78 is 76.2. The lowest BCUT2D eigenvalue weighted by Crippen LogP contribution is -2.43. The average molecular weight is 776 g/mol. The Morgan fingerprint density at radius 1 is 1.16 bits per heavy atom. The van der Waals surface area contributed by atoms with Crippen molar-refractivity contribution >= 4 is 56.6 Å². The maximum atomic E-state index is 13.9. The molecular weight excluding hydrogens is 733 g/mol. The summed E-state index contributed by atoms with van der Waals surface area (Å²) >= 11 is 14.4. The van der Waals surface area contributed by atoms with E-state index in [1.165, 1.54) is 46.4 Å². The Balaban J connectivity index is 1.72. The summed E-state index contributed by atoms with van der Waals surface area (Å²) in [5.41, 5.74) is 1.28. The molecule has 2 aromatic carbocycles. The van der Waals surface area contributed by atoms with Crippen LogP contribution >= 0.6 is 35.0 Å². The van der Waals surface area contributed by atoms with Gasteiger partial charge in [0.1, 0.15) is 6.10 Å². The lowest BCUT2D eigenvalue weighted by Gasteiger charge is -2.31. The minimum atomic E-state index is -3.75. The van der Waals surface area contributed by atoms with E-state index in [4.69, 9.17) is 42.1 Å². The van der Waals surface area contributed by atoms with Crippen LogP contribution in [0.1, 0.15) is 48.2 Å². The summed E-state index contributed by atoms with van der Waals surface area (Å²) in [5.74, 6) is -0.524. The first kappa shape index (κ1) is 40.0. The van der Waals surface area contributed by atoms with Crippen LogP contribution in [-0.4, -0.2) is 84.4 Å². The Morgan fingerprint density at radius 2 is 1.88 bits per heavy atom. The molecule has 274 valence electrons. The lowest BCUT2D eigenvalue weighted by molar-refractivity contribution is -0.0515. The van der Waals surface area contributed by atoms with Crippen LogP contribution in [0.5, 0.6) is 11.5 Å². The number of carbonyl (C=O) groups is 1. The Labute approximate surface area is 307 Å². The van der Waals surface area contributed by atoms with Crippen molar-refractivity contribution in [2.45, 2.75) is 43.8 Å². The van der Waals surface area contributed by atoms with Crippen molar-refractivity contribution in [3.05, 3.63) is 81.9 Å². The van der Waals surface area contributed by atoms with Crippen LogP contribution in [0.2, 0.25) is 0 Å². The van der Waals surface area contributed by atoms with E-state index in [0.29, 0.717) is 72.1 Å². The maximum Gasteiger partial charge on any atom is 0.387 e. The Morgan fingerprint density at radius 3 is 2.48 bits per heavy atom. The second-order valence-electron chi connectivity index (χ2n) is 11.8. The molecule has 0 aromatic heterocycles. The van der Waals surface area contributed by atoms with Crippen molar-refractivity contribution in [1.82, 2.24) is 4.90 Å². The second-order valence-corrected chi connectivity index (χ2v) is 15.3. The van der Waals surface area contributed by atoms with E-state index >= 15 is 0 Å². The molecule has 1 saturated heterocycles. The standard InChI is InChI=1S/C35H42Cl2F2N2O7S2/c1-5-27(36)26(28(37)6-2)21-31(24-9-11-30(48-35(38)39)32(20-24)46-22-23-7-8-23)47-34(42)25-10-12-33(49-3)29(19-25)41(50(4,43)44)14-13-40-15-17-45-18-16-40/h5-6,9-12,19-20,23,31,35H,1,7-8,13-18,21-22H2,2-4H3/b27-26+,28-6+/t31-/m0/s1. The third kappa shape index (κ3) is 11.3. The molecule has 0 amide bonds. The molecular formula is C35H42Cl2F2N2O7S2. The molecule has 1 aliphatic carbocycles. The van der Waals surface area contributed by atoms with Crippen LogP contribution < -0.4 is 13.8 Å².